The first-order valence-electron chi connectivity index (χ1n) is 8.71. The Morgan fingerprint density at radius 1 is 0.900 bits per heavy atom. The molecule has 0 saturated carbocycles. The normalized spacial score (nSPS) is 10.8. The lowest BCUT2D eigenvalue weighted by atomic mass is 10.1. The molecular formula is C21H18N2O6S. The van der Waals surface area contributed by atoms with Gasteiger partial charge < -0.3 is 15.2 Å². The number of phenolic OH excluding ortho intramolecular Hbond substituents is 1. The number of hydrogen-bond donors (Lipinski definition) is 3. The van der Waals surface area contributed by atoms with Gasteiger partial charge in [0.05, 0.1) is 17.7 Å². The van der Waals surface area contributed by atoms with E-state index in [0.29, 0.717) is 5.69 Å². The molecule has 3 aromatic rings. The first kappa shape index (κ1) is 20.9. The zero-order valence-corrected chi connectivity index (χ0v) is 16.6. The van der Waals surface area contributed by atoms with E-state index in [0.717, 1.165) is 0 Å². The van der Waals surface area contributed by atoms with Gasteiger partial charge >= 0.3 is 5.97 Å². The maximum atomic E-state index is 12.5. The molecule has 0 radical (unpaired) electrons. The summed E-state index contributed by atoms with van der Waals surface area (Å²) >= 11 is 0. The maximum Gasteiger partial charge on any atom is 0.341 e. The summed E-state index contributed by atoms with van der Waals surface area (Å²) in [7, 11) is -2.64. The molecule has 3 N–H and O–H groups in total. The predicted molar refractivity (Wildman–Crippen MR) is 111 cm³/mol. The molecule has 3 aromatic carbocycles. The van der Waals surface area contributed by atoms with Crippen LogP contribution in [0.4, 0.5) is 11.4 Å². The number of anilines is 2. The standard InChI is InChI=1S/C21H18N2O6S/c1-29-21(26)17-8-5-9-18(19(17)24)22-20(25)14-10-12-16(13-11-14)30(27,28)23-15-6-3-2-4-7-15/h2-13,23-24H,1H3,(H,22,25). The fourth-order valence-electron chi connectivity index (χ4n) is 2.62. The summed E-state index contributed by atoms with van der Waals surface area (Å²) in [5, 5.41) is 12.7. The minimum atomic E-state index is -3.81. The van der Waals surface area contributed by atoms with Crippen LogP contribution in [0, 0.1) is 0 Å². The summed E-state index contributed by atoms with van der Waals surface area (Å²) in [6.07, 6.45) is 0. The molecule has 0 aliphatic carbocycles. The van der Waals surface area contributed by atoms with Gasteiger partial charge in [0.15, 0.2) is 5.75 Å². The molecule has 0 bridgehead atoms. The molecule has 30 heavy (non-hydrogen) atoms. The highest BCUT2D eigenvalue weighted by atomic mass is 32.2. The van der Waals surface area contributed by atoms with E-state index < -0.39 is 27.6 Å². The van der Waals surface area contributed by atoms with Crippen LogP contribution in [0.3, 0.4) is 0 Å². The number of hydrogen-bond acceptors (Lipinski definition) is 6. The minimum Gasteiger partial charge on any atom is -0.505 e. The molecule has 0 saturated heterocycles. The summed E-state index contributed by atoms with van der Waals surface area (Å²) in [5.41, 5.74) is 0.505. The van der Waals surface area contributed by atoms with E-state index in [9.17, 15) is 23.1 Å². The number of aromatic hydroxyl groups is 1. The molecule has 8 nitrogen and oxygen atoms in total. The van der Waals surface area contributed by atoms with Crippen molar-refractivity contribution in [2.75, 3.05) is 17.1 Å². The highest BCUT2D eigenvalue weighted by Gasteiger charge is 2.18. The first-order chi connectivity index (χ1) is 14.3. The molecule has 154 valence electrons. The SMILES string of the molecule is COC(=O)c1cccc(NC(=O)c2ccc(S(=O)(=O)Nc3ccccc3)cc2)c1O. The Kier molecular flexibility index (Phi) is 6.03. The number of para-hydroxylation sites is 2. The van der Waals surface area contributed by atoms with Crippen molar-refractivity contribution in [2.45, 2.75) is 4.90 Å². The monoisotopic (exact) mass is 426 g/mol. The van der Waals surface area contributed by atoms with E-state index in [4.69, 9.17) is 0 Å². The van der Waals surface area contributed by atoms with Crippen molar-refractivity contribution in [2.24, 2.45) is 0 Å². The van der Waals surface area contributed by atoms with Crippen LogP contribution in [-0.2, 0) is 14.8 Å². The van der Waals surface area contributed by atoms with Crippen molar-refractivity contribution in [3.63, 3.8) is 0 Å². The summed E-state index contributed by atoms with van der Waals surface area (Å²) in [6, 6.07) is 17.9. The van der Waals surface area contributed by atoms with Crippen LogP contribution in [0.15, 0.2) is 77.7 Å². The van der Waals surface area contributed by atoms with Gasteiger partial charge in [-0.2, -0.15) is 0 Å². The van der Waals surface area contributed by atoms with Crippen molar-refractivity contribution in [1.82, 2.24) is 0 Å². The number of ether oxygens (including phenoxy) is 1. The molecule has 0 aliphatic rings. The Balaban J connectivity index is 1.77. The Morgan fingerprint density at radius 2 is 1.57 bits per heavy atom. The fraction of sp³-hybridized carbons (Fsp3) is 0.0476. The molecule has 0 atom stereocenters. The average Bonchev–Trinajstić information content (AvgIpc) is 2.75. The third-order valence-corrected chi connectivity index (χ3v) is 5.54. The van der Waals surface area contributed by atoms with Gasteiger partial charge in [-0.05, 0) is 48.5 Å². The summed E-state index contributed by atoms with van der Waals surface area (Å²) in [5.74, 6) is -1.76. The minimum absolute atomic E-state index is 0.0153. The van der Waals surface area contributed by atoms with Gasteiger partial charge in [-0.1, -0.05) is 24.3 Å². The molecule has 0 heterocycles. The second-order valence-corrected chi connectivity index (χ2v) is 7.83. The topological polar surface area (TPSA) is 122 Å². The third kappa shape index (κ3) is 4.58. The molecule has 0 aromatic heterocycles. The van der Waals surface area contributed by atoms with Gasteiger partial charge in [-0.3, -0.25) is 9.52 Å². The number of carbonyl (C=O) groups excluding carboxylic acids is 2. The molecule has 9 heteroatoms. The van der Waals surface area contributed by atoms with Crippen molar-refractivity contribution >= 4 is 33.3 Å². The molecule has 0 spiro atoms. The largest absolute Gasteiger partial charge is 0.505 e. The molecular weight excluding hydrogens is 408 g/mol. The number of sulfonamides is 1. The van der Waals surface area contributed by atoms with Crippen LogP contribution in [0.2, 0.25) is 0 Å². The van der Waals surface area contributed by atoms with Crippen LogP contribution < -0.4 is 10.0 Å². The molecule has 0 fully saturated rings. The predicted octanol–water partition coefficient (Wildman–Crippen LogP) is 3.23. The average molecular weight is 426 g/mol. The van der Waals surface area contributed by atoms with Gasteiger partial charge in [0, 0.05) is 11.3 Å². The van der Waals surface area contributed by atoms with E-state index in [1.165, 1.54) is 49.6 Å². The Bertz CT molecular complexity index is 1180. The highest BCUT2D eigenvalue weighted by Crippen LogP contribution is 2.28. The zero-order valence-electron chi connectivity index (χ0n) is 15.8. The van der Waals surface area contributed by atoms with Gasteiger partial charge in [0.25, 0.3) is 15.9 Å². The number of esters is 1. The van der Waals surface area contributed by atoms with Crippen LogP contribution in [0.1, 0.15) is 20.7 Å². The van der Waals surface area contributed by atoms with Crippen LogP contribution in [0.5, 0.6) is 5.75 Å². The second kappa shape index (κ2) is 8.66. The zero-order chi connectivity index (χ0) is 21.7. The van der Waals surface area contributed by atoms with Gasteiger partial charge in [-0.15, -0.1) is 0 Å². The number of amides is 1. The van der Waals surface area contributed by atoms with Gasteiger partial charge in [-0.25, -0.2) is 13.2 Å². The van der Waals surface area contributed by atoms with Crippen molar-refractivity contribution in [1.29, 1.82) is 0 Å². The van der Waals surface area contributed by atoms with Gasteiger partial charge in [0.1, 0.15) is 5.56 Å². The molecule has 1 amide bonds. The fourth-order valence-corrected chi connectivity index (χ4v) is 3.68. The lowest BCUT2D eigenvalue weighted by Crippen LogP contribution is -2.15. The van der Waals surface area contributed by atoms with E-state index in [2.05, 4.69) is 14.8 Å². The number of methoxy groups -OCH3 is 1. The van der Waals surface area contributed by atoms with E-state index in [1.807, 2.05) is 0 Å². The summed E-state index contributed by atoms with van der Waals surface area (Å²) in [6.45, 7) is 0. The lowest BCUT2D eigenvalue weighted by Gasteiger charge is -2.11. The van der Waals surface area contributed by atoms with Crippen molar-refractivity contribution in [3.05, 3.63) is 83.9 Å². The Hall–Kier alpha value is -3.85. The molecule has 3 rings (SSSR count). The summed E-state index contributed by atoms with van der Waals surface area (Å²) < 4.78 is 31.9. The lowest BCUT2D eigenvalue weighted by molar-refractivity contribution is 0.0597. The molecule has 0 aliphatic heterocycles. The van der Waals surface area contributed by atoms with Crippen LogP contribution >= 0.6 is 0 Å². The van der Waals surface area contributed by atoms with Crippen LogP contribution in [-0.4, -0.2) is 32.5 Å². The second-order valence-electron chi connectivity index (χ2n) is 6.14. The smallest absolute Gasteiger partial charge is 0.341 e. The number of phenols is 1. The van der Waals surface area contributed by atoms with E-state index >= 15 is 0 Å². The number of nitrogens with one attached hydrogen (secondary N) is 2. The number of carbonyl (C=O) groups is 2. The Morgan fingerprint density at radius 3 is 2.20 bits per heavy atom. The van der Waals surface area contributed by atoms with E-state index in [1.54, 1.807) is 30.3 Å². The van der Waals surface area contributed by atoms with Crippen LogP contribution in [0.25, 0.3) is 0 Å². The number of benzene rings is 3. The Labute approximate surface area is 173 Å². The van der Waals surface area contributed by atoms with Crippen molar-refractivity contribution in [3.8, 4) is 5.75 Å². The first-order valence-corrected chi connectivity index (χ1v) is 10.2. The van der Waals surface area contributed by atoms with Crippen molar-refractivity contribution < 1.29 is 27.9 Å². The molecule has 0 unspecified atom stereocenters. The number of rotatable bonds is 6. The van der Waals surface area contributed by atoms with E-state index in [-0.39, 0.29) is 21.7 Å². The van der Waals surface area contributed by atoms with Gasteiger partial charge in [0.2, 0.25) is 0 Å². The highest BCUT2D eigenvalue weighted by molar-refractivity contribution is 7.92. The third-order valence-electron chi connectivity index (χ3n) is 4.14. The maximum absolute atomic E-state index is 12.5. The summed E-state index contributed by atoms with van der Waals surface area (Å²) in [4.78, 5) is 24.1. The quantitative estimate of drug-likeness (QED) is 0.411.